The van der Waals surface area contributed by atoms with Crippen LogP contribution in [0.2, 0.25) is 0 Å². The number of aromatic nitrogens is 1. The molecule has 1 N–H and O–H groups in total. The molecular formula is C12H21N3S. The summed E-state index contributed by atoms with van der Waals surface area (Å²) >= 11 is 1.85. The van der Waals surface area contributed by atoms with Crippen LogP contribution in [0.1, 0.15) is 36.6 Å². The molecule has 3 nitrogen and oxygen atoms in total. The van der Waals surface area contributed by atoms with E-state index >= 15 is 0 Å². The van der Waals surface area contributed by atoms with Gasteiger partial charge in [-0.25, -0.2) is 4.98 Å². The second kappa shape index (κ2) is 5.75. The van der Waals surface area contributed by atoms with Crippen molar-refractivity contribution in [1.29, 1.82) is 0 Å². The fourth-order valence-electron chi connectivity index (χ4n) is 1.94. The Kier molecular flexibility index (Phi) is 4.32. The fourth-order valence-corrected chi connectivity index (χ4v) is 2.86. The van der Waals surface area contributed by atoms with E-state index in [0.717, 1.165) is 13.1 Å². The molecule has 0 unspecified atom stereocenters. The number of rotatable bonds is 5. The summed E-state index contributed by atoms with van der Waals surface area (Å²) < 4.78 is 0. The van der Waals surface area contributed by atoms with Gasteiger partial charge in [0.1, 0.15) is 5.01 Å². The molecule has 1 aromatic rings. The summed E-state index contributed by atoms with van der Waals surface area (Å²) in [5.41, 5.74) is 0. The van der Waals surface area contributed by atoms with Crippen molar-refractivity contribution in [2.45, 2.75) is 45.8 Å². The van der Waals surface area contributed by atoms with E-state index in [1.165, 1.54) is 35.8 Å². The van der Waals surface area contributed by atoms with Crippen molar-refractivity contribution in [3.05, 3.63) is 16.1 Å². The fraction of sp³-hybridized carbons (Fsp3) is 0.750. The van der Waals surface area contributed by atoms with Crippen LogP contribution in [0.5, 0.6) is 0 Å². The van der Waals surface area contributed by atoms with E-state index in [9.17, 15) is 0 Å². The molecule has 1 aliphatic rings. The van der Waals surface area contributed by atoms with Crippen molar-refractivity contribution in [2.75, 3.05) is 13.1 Å². The Morgan fingerprint density at radius 2 is 2.19 bits per heavy atom. The van der Waals surface area contributed by atoms with Crippen LogP contribution in [0.25, 0.3) is 0 Å². The molecule has 4 heteroatoms. The van der Waals surface area contributed by atoms with Gasteiger partial charge in [0.15, 0.2) is 0 Å². The van der Waals surface area contributed by atoms with Crippen LogP contribution in [-0.4, -0.2) is 29.0 Å². The highest BCUT2D eigenvalue weighted by Crippen LogP contribution is 2.17. The first-order valence-electron chi connectivity index (χ1n) is 6.13. The van der Waals surface area contributed by atoms with Crippen molar-refractivity contribution in [1.82, 2.24) is 15.2 Å². The second-order valence-corrected chi connectivity index (χ2v) is 5.94. The zero-order chi connectivity index (χ0) is 11.4. The molecule has 0 radical (unpaired) electrons. The lowest BCUT2D eigenvalue weighted by Gasteiger charge is -2.11. The second-order valence-electron chi connectivity index (χ2n) is 4.74. The van der Waals surface area contributed by atoms with E-state index in [0.29, 0.717) is 6.04 Å². The van der Waals surface area contributed by atoms with E-state index in [-0.39, 0.29) is 0 Å². The van der Waals surface area contributed by atoms with Gasteiger partial charge in [0, 0.05) is 23.7 Å². The Bertz CT molecular complexity index is 316. The zero-order valence-corrected chi connectivity index (χ0v) is 11.0. The number of hydrogen-bond acceptors (Lipinski definition) is 4. The molecule has 0 saturated carbocycles. The smallest absolute Gasteiger partial charge is 0.107 e. The van der Waals surface area contributed by atoms with Crippen molar-refractivity contribution in [3.8, 4) is 0 Å². The quantitative estimate of drug-likeness (QED) is 0.854. The SMILES string of the molecule is CC(C)NCc1cnc(CN2CCCC2)s1. The van der Waals surface area contributed by atoms with Crippen LogP contribution < -0.4 is 5.32 Å². The molecule has 1 fully saturated rings. The molecule has 0 spiro atoms. The minimum Gasteiger partial charge on any atom is -0.310 e. The van der Waals surface area contributed by atoms with Crippen LogP contribution in [0.15, 0.2) is 6.20 Å². The van der Waals surface area contributed by atoms with Crippen LogP contribution in [0.4, 0.5) is 0 Å². The van der Waals surface area contributed by atoms with E-state index < -0.39 is 0 Å². The molecule has 0 bridgehead atoms. The van der Waals surface area contributed by atoms with E-state index in [4.69, 9.17) is 0 Å². The molecule has 2 heterocycles. The average Bonchev–Trinajstić information content (AvgIpc) is 2.87. The lowest BCUT2D eigenvalue weighted by atomic mass is 10.4. The minimum atomic E-state index is 0.545. The Morgan fingerprint density at radius 1 is 1.44 bits per heavy atom. The number of hydrogen-bond donors (Lipinski definition) is 1. The Labute approximate surface area is 102 Å². The molecule has 1 aromatic heterocycles. The highest BCUT2D eigenvalue weighted by molar-refractivity contribution is 7.11. The van der Waals surface area contributed by atoms with Gasteiger partial charge < -0.3 is 5.32 Å². The topological polar surface area (TPSA) is 28.2 Å². The standard InChI is InChI=1S/C12H21N3S/c1-10(2)13-7-11-8-14-12(16-11)9-15-5-3-4-6-15/h8,10,13H,3-7,9H2,1-2H3. The third-order valence-corrected chi connectivity index (χ3v) is 3.83. The molecule has 90 valence electrons. The van der Waals surface area contributed by atoms with Crippen LogP contribution in [0.3, 0.4) is 0 Å². The molecule has 0 amide bonds. The number of likely N-dealkylation sites (tertiary alicyclic amines) is 1. The summed E-state index contributed by atoms with van der Waals surface area (Å²) in [5.74, 6) is 0. The van der Waals surface area contributed by atoms with Gasteiger partial charge in [-0.15, -0.1) is 11.3 Å². The van der Waals surface area contributed by atoms with E-state index in [1.54, 1.807) is 0 Å². The summed E-state index contributed by atoms with van der Waals surface area (Å²) in [5, 5.41) is 4.69. The summed E-state index contributed by atoms with van der Waals surface area (Å²) in [7, 11) is 0. The average molecular weight is 239 g/mol. The van der Waals surface area contributed by atoms with Crippen molar-refractivity contribution in [2.24, 2.45) is 0 Å². The van der Waals surface area contributed by atoms with Crippen LogP contribution in [-0.2, 0) is 13.1 Å². The maximum absolute atomic E-state index is 4.49. The molecule has 2 rings (SSSR count). The third kappa shape index (κ3) is 3.54. The molecule has 16 heavy (non-hydrogen) atoms. The largest absolute Gasteiger partial charge is 0.310 e. The van der Waals surface area contributed by atoms with Gasteiger partial charge in [-0.1, -0.05) is 13.8 Å². The summed E-state index contributed by atoms with van der Waals surface area (Å²) in [6, 6.07) is 0.545. The molecule has 0 atom stereocenters. The van der Waals surface area contributed by atoms with Crippen molar-refractivity contribution >= 4 is 11.3 Å². The Morgan fingerprint density at radius 3 is 2.88 bits per heavy atom. The lowest BCUT2D eigenvalue weighted by Crippen LogP contribution is -2.21. The Balaban J connectivity index is 1.81. The normalized spacial score (nSPS) is 17.4. The first kappa shape index (κ1) is 12.0. The molecule has 1 aliphatic heterocycles. The van der Waals surface area contributed by atoms with Crippen molar-refractivity contribution in [3.63, 3.8) is 0 Å². The van der Waals surface area contributed by atoms with E-state index in [2.05, 4.69) is 29.0 Å². The predicted molar refractivity (Wildman–Crippen MR) is 68.6 cm³/mol. The number of nitrogens with one attached hydrogen (secondary N) is 1. The van der Waals surface area contributed by atoms with Gasteiger partial charge >= 0.3 is 0 Å². The summed E-state index contributed by atoms with van der Waals surface area (Å²) in [6.07, 6.45) is 4.73. The molecule has 1 saturated heterocycles. The molecule has 0 aromatic carbocycles. The maximum atomic E-state index is 4.49. The number of nitrogens with zero attached hydrogens (tertiary/aromatic N) is 2. The van der Waals surface area contributed by atoms with Gasteiger partial charge in [0.05, 0.1) is 6.54 Å². The highest BCUT2D eigenvalue weighted by atomic mass is 32.1. The van der Waals surface area contributed by atoms with Gasteiger partial charge in [-0.05, 0) is 25.9 Å². The Hall–Kier alpha value is -0.450. The van der Waals surface area contributed by atoms with Gasteiger partial charge in [0.2, 0.25) is 0 Å². The maximum Gasteiger partial charge on any atom is 0.107 e. The first-order valence-corrected chi connectivity index (χ1v) is 6.95. The molecular weight excluding hydrogens is 218 g/mol. The summed E-state index contributed by atoms with van der Waals surface area (Å²) in [6.45, 7) is 8.85. The lowest BCUT2D eigenvalue weighted by molar-refractivity contribution is 0.331. The van der Waals surface area contributed by atoms with Gasteiger partial charge in [0.25, 0.3) is 0 Å². The van der Waals surface area contributed by atoms with Gasteiger partial charge in [-0.3, -0.25) is 4.90 Å². The first-order chi connectivity index (χ1) is 7.74. The van der Waals surface area contributed by atoms with E-state index in [1.807, 2.05) is 17.5 Å². The zero-order valence-electron chi connectivity index (χ0n) is 10.2. The van der Waals surface area contributed by atoms with Gasteiger partial charge in [-0.2, -0.15) is 0 Å². The molecule has 0 aliphatic carbocycles. The van der Waals surface area contributed by atoms with Crippen LogP contribution >= 0.6 is 11.3 Å². The predicted octanol–water partition coefficient (Wildman–Crippen LogP) is 2.24. The van der Waals surface area contributed by atoms with Crippen LogP contribution in [0, 0.1) is 0 Å². The monoisotopic (exact) mass is 239 g/mol. The number of thiazole rings is 1. The highest BCUT2D eigenvalue weighted by Gasteiger charge is 2.13. The third-order valence-electron chi connectivity index (χ3n) is 2.84. The minimum absolute atomic E-state index is 0.545. The van der Waals surface area contributed by atoms with Crippen molar-refractivity contribution < 1.29 is 0 Å². The summed E-state index contributed by atoms with van der Waals surface area (Å²) in [4.78, 5) is 8.34.